The van der Waals surface area contributed by atoms with Gasteiger partial charge < -0.3 is 19.6 Å². The third-order valence-electron chi connectivity index (χ3n) is 6.59. The Morgan fingerprint density at radius 2 is 1.75 bits per heavy atom. The molecule has 11 heteroatoms. The highest BCUT2D eigenvalue weighted by Gasteiger charge is 2.43. The number of unbranched alkanes of at least 4 members (excludes halogenated alkanes) is 5. The molecule has 3 rings (SSSR count). The molecular weight excluding hydrogens is 536 g/mol. The van der Waals surface area contributed by atoms with Gasteiger partial charge in [-0.3, -0.25) is 19.3 Å². The van der Waals surface area contributed by atoms with E-state index in [1.54, 1.807) is 37.3 Å². The minimum absolute atomic E-state index is 0.0340. The Balaban J connectivity index is 1.85. The number of methoxy groups -OCH3 is 1. The van der Waals surface area contributed by atoms with Crippen LogP contribution in [0.4, 0.5) is 5.69 Å². The summed E-state index contributed by atoms with van der Waals surface area (Å²) in [5, 5.41) is 2.75. The molecule has 40 heavy (non-hydrogen) atoms. The number of carbonyl (C=O) groups excluding carboxylic acids is 4. The topological polar surface area (TPSA) is 136 Å². The van der Waals surface area contributed by atoms with Crippen molar-refractivity contribution in [1.29, 1.82) is 0 Å². The second kappa shape index (κ2) is 14.1. The number of hydrogen-bond acceptors (Lipinski definition) is 8. The smallest absolute Gasteiger partial charge is 0.264 e. The Labute approximate surface area is 234 Å². The zero-order valence-corrected chi connectivity index (χ0v) is 23.9. The van der Waals surface area contributed by atoms with Crippen molar-refractivity contribution in [3.8, 4) is 11.5 Å². The van der Waals surface area contributed by atoms with Crippen molar-refractivity contribution in [3.63, 3.8) is 0 Å². The zero-order valence-electron chi connectivity index (χ0n) is 23.1. The average molecular weight is 573 g/mol. The molecule has 2 aromatic rings. The van der Waals surface area contributed by atoms with Gasteiger partial charge in [0, 0.05) is 19.1 Å². The molecule has 0 spiro atoms. The fourth-order valence-corrected chi connectivity index (χ4v) is 5.64. The normalized spacial score (nSPS) is 13.6. The molecule has 0 unspecified atom stereocenters. The second-order valence-electron chi connectivity index (χ2n) is 9.68. The maximum Gasteiger partial charge on any atom is 0.264 e. The first kappa shape index (κ1) is 30.8. The van der Waals surface area contributed by atoms with Gasteiger partial charge in [0.25, 0.3) is 11.8 Å². The molecule has 0 bridgehead atoms. The van der Waals surface area contributed by atoms with E-state index in [-0.39, 0.29) is 29.1 Å². The summed E-state index contributed by atoms with van der Waals surface area (Å²) in [5.41, 5.74) is 0.724. The van der Waals surface area contributed by atoms with Crippen molar-refractivity contribution < 1.29 is 37.1 Å². The molecule has 0 radical (unpaired) electrons. The summed E-state index contributed by atoms with van der Waals surface area (Å²) in [5.74, 6) is -1.33. The maximum atomic E-state index is 13.7. The van der Waals surface area contributed by atoms with E-state index in [2.05, 4.69) is 5.32 Å². The largest absolute Gasteiger partial charge is 0.493 e. The molecular formula is C29H36N2O8S. The highest BCUT2D eigenvalue weighted by atomic mass is 32.2. The summed E-state index contributed by atoms with van der Waals surface area (Å²) < 4.78 is 35.8. The number of nitrogens with one attached hydrogen (secondary N) is 1. The molecule has 1 aliphatic rings. The Morgan fingerprint density at radius 3 is 2.42 bits per heavy atom. The van der Waals surface area contributed by atoms with Gasteiger partial charge >= 0.3 is 0 Å². The van der Waals surface area contributed by atoms with Crippen LogP contribution in [-0.2, 0) is 19.4 Å². The maximum absolute atomic E-state index is 13.7. The number of aldehydes is 1. The van der Waals surface area contributed by atoms with Crippen LogP contribution in [0, 0.1) is 0 Å². The van der Waals surface area contributed by atoms with Gasteiger partial charge in [-0.15, -0.1) is 0 Å². The van der Waals surface area contributed by atoms with Crippen LogP contribution in [0.5, 0.6) is 11.5 Å². The van der Waals surface area contributed by atoms with Gasteiger partial charge in [-0.25, -0.2) is 8.42 Å². The van der Waals surface area contributed by atoms with Gasteiger partial charge in [0.1, 0.15) is 16.1 Å². The predicted octanol–water partition coefficient (Wildman–Crippen LogP) is 4.34. The lowest BCUT2D eigenvalue weighted by Crippen LogP contribution is -2.37. The van der Waals surface area contributed by atoms with E-state index in [0.29, 0.717) is 36.5 Å². The van der Waals surface area contributed by atoms with Crippen molar-refractivity contribution in [2.45, 2.75) is 57.9 Å². The van der Waals surface area contributed by atoms with Crippen LogP contribution in [0.25, 0.3) is 0 Å². The number of nitrogens with zero attached hydrogens (tertiary/aromatic N) is 1. The predicted molar refractivity (Wildman–Crippen MR) is 151 cm³/mol. The molecule has 0 fully saturated rings. The fourth-order valence-electron chi connectivity index (χ4n) is 4.72. The number of imide groups is 1. The van der Waals surface area contributed by atoms with Crippen molar-refractivity contribution in [2.24, 2.45) is 0 Å². The van der Waals surface area contributed by atoms with Crippen molar-refractivity contribution in [1.82, 2.24) is 4.90 Å². The van der Waals surface area contributed by atoms with E-state index < -0.39 is 33.4 Å². The van der Waals surface area contributed by atoms with Gasteiger partial charge in [-0.05, 0) is 49.6 Å². The monoisotopic (exact) mass is 572 g/mol. The summed E-state index contributed by atoms with van der Waals surface area (Å²) >= 11 is 0. The molecule has 1 N–H and O–H groups in total. The van der Waals surface area contributed by atoms with Crippen LogP contribution in [0.3, 0.4) is 0 Å². The van der Waals surface area contributed by atoms with Crippen LogP contribution in [0.15, 0.2) is 36.4 Å². The third-order valence-corrected chi connectivity index (χ3v) is 7.51. The quantitative estimate of drug-likeness (QED) is 0.178. The lowest BCUT2D eigenvalue weighted by atomic mass is 10.1. The van der Waals surface area contributed by atoms with Crippen LogP contribution < -0.4 is 14.8 Å². The Morgan fingerprint density at radius 1 is 1.02 bits per heavy atom. The summed E-state index contributed by atoms with van der Waals surface area (Å²) in [6.45, 7) is 2.11. The van der Waals surface area contributed by atoms with E-state index in [0.717, 1.165) is 43.1 Å². The molecule has 0 aromatic heterocycles. The van der Waals surface area contributed by atoms with Gasteiger partial charge in [-0.2, -0.15) is 0 Å². The van der Waals surface area contributed by atoms with Crippen molar-refractivity contribution >= 4 is 39.5 Å². The molecule has 0 aliphatic carbocycles. The molecule has 0 saturated carbocycles. The average Bonchev–Trinajstić information content (AvgIpc) is 3.16. The summed E-state index contributed by atoms with van der Waals surface area (Å²) in [6, 6.07) is 8.25. The molecule has 2 aromatic carbocycles. The highest BCUT2D eigenvalue weighted by Crippen LogP contribution is 2.38. The Bertz CT molecular complexity index is 1360. The van der Waals surface area contributed by atoms with Crippen LogP contribution in [-0.4, -0.2) is 63.1 Å². The number of carbonyl (C=O) groups is 4. The van der Waals surface area contributed by atoms with E-state index in [1.165, 1.54) is 13.2 Å². The fraction of sp³-hybridized carbons (Fsp3) is 0.448. The van der Waals surface area contributed by atoms with Crippen molar-refractivity contribution in [2.75, 3.05) is 31.0 Å². The highest BCUT2D eigenvalue weighted by molar-refractivity contribution is 7.90. The lowest BCUT2D eigenvalue weighted by Gasteiger charge is -2.27. The number of sulfone groups is 1. The third kappa shape index (κ3) is 7.68. The van der Waals surface area contributed by atoms with Crippen molar-refractivity contribution in [3.05, 3.63) is 53.1 Å². The molecule has 1 heterocycles. The minimum atomic E-state index is -3.64. The van der Waals surface area contributed by atoms with E-state index >= 15 is 0 Å². The van der Waals surface area contributed by atoms with Gasteiger partial charge in [0.05, 0.1) is 42.3 Å². The zero-order chi connectivity index (χ0) is 29.3. The number of anilines is 1. The number of hydrogen-bond donors (Lipinski definition) is 1. The molecule has 0 saturated heterocycles. The minimum Gasteiger partial charge on any atom is -0.493 e. The number of ether oxygens (including phenoxy) is 2. The van der Waals surface area contributed by atoms with Gasteiger partial charge in [-0.1, -0.05) is 31.4 Å². The number of benzene rings is 2. The Kier molecular flexibility index (Phi) is 10.8. The van der Waals surface area contributed by atoms with Crippen LogP contribution in [0.2, 0.25) is 0 Å². The number of amides is 3. The first-order valence-electron chi connectivity index (χ1n) is 13.3. The Hall–Kier alpha value is -3.73. The summed E-state index contributed by atoms with van der Waals surface area (Å²) in [7, 11) is -2.16. The summed E-state index contributed by atoms with van der Waals surface area (Å²) in [6.07, 6.45) is 6.89. The number of rotatable bonds is 16. The molecule has 1 atom stereocenters. The number of fused-ring (bicyclic) bond motifs is 1. The van der Waals surface area contributed by atoms with Crippen LogP contribution >= 0.6 is 0 Å². The van der Waals surface area contributed by atoms with E-state index in [4.69, 9.17) is 9.47 Å². The lowest BCUT2D eigenvalue weighted by molar-refractivity contribution is -0.116. The summed E-state index contributed by atoms with van der Waals surface area (Å²) in [4.78, 5) is 51.2. The van der Waals surface area contributed by atoms with Gasteiger partial charge in [0.2, 0.25) is 5.91 Å². The van der Waals surface area contributed by atoms with Gasteiger partial charge in [0.15, 0.2) is 11.5 Å². The first-order chi connectivity index (χ1) is 19.1. The van der Waals surface area contributed by atoms with E-state index in [9.17, 15) is 27.6 Å². The van der Waals surface area contributed by atoms with Crippen LogP contribution in [0.1, 0.15) is 84.2 Å². The first-order valence-corrected chi connectivity index (χ1v) is 15.4. The van der Waals surface area contributed by atoms with E-state index in [1.807, 2.05) is 0 Å². The molecule has 10 nitrogen and oxygen atoms in total. The molecule has 3 amide bonds. The SMILES string of the molecule is CCOc1cc([C@@H](CS(C)(=O)=O)N2C(=O)c3cccc(NC(=O)CCCCCCCC=O)c3C2=O)ccc1OC. The molecule has 1 aliphatic heterocycles. The standard InChI is InChI=1S/C29H36N2O8S/c1-4-39-25-18-20(15-16-24(25)38-2)23(19-40(3,36)37)31-28(34)21-12-11-13-22(27(21)29(31)35)30-26(33)14-9-7-5-6-8-10-17-32/h11-13,15-18,23H,4-10,14,19H2,1-3H3,(H,30,33)/t23-/m1/s1. The second-order valence-corrected chi connectivity index (χ2v) is 11.9. The molecule has 216 valence electrons.